The lowest BCUT2D eigenvalue weighted by molar-refractivity contribution is -0.877. The normalized spacial score (nSPS) is 13.1. The highest BCUT2D eigenvalue weighted by atomic mass is 19.1. The van der Waals surface area contributed by atoms with Crippen LogP contribution in [0.25, 0.3) is 0 Å². The fourth-order valence-corrected chi connectivity index (χ4v) is 1.20. The number of hydrogen-bond donors (Lipinski definition) is 0. The molecule has 0 aromatic heterocycles. The Balaban J connectivity index is 2.95. The summed E-state index contributed by atoms with van der Waals surface area (Å²) in [5.41, 5.74) is 1.87. The fourth-order valence-electron chi connectivity index (χ4n) is 1.20. The van der Waals surface area contributed by atoms with Crippen LogP contribution in [0, 0.1) is 5.82 Å². The number of halogens is 1. The standard InChI is InChI=1S/C11H16FN2/c1-9(13-14(2,3)4)10-5-7-11(12)8-6-10/h5-8H,1-4H3/q+1. The Morgan fingerprint density at radius 2 is 1.64 bits per heavy atom. The molecule has 0 atom stereocenters. The van der Waals surface area contributed by atoms with Crippen molar-refractivity contribution in [3.63, 3.8) is 0 Å². The third-order valence-corrected chi connectivity index (χ3v) is 1.71. The quantitative estimate of drug-likeness (QED) is 0.390. The molecule has 76 valence electrons. The molecule has 0 aliphatic rings. The van der Waals surface area contributed by atoms with E-state index in [9.17, 15) is 4.39 Å². The lowest BCUT2D eigenvalue weighted by Gasteiger charge is -2.16. The van der Waals surface area contributed by atoms with Gasteiger partial charge in [-0.25, -0.2) is 8.98 Å². The van der Waals surface area contributed by atoms with E-state index in [0.29, 0.717) is 4.59 Å². The molecule has 0 fully saturated rings. The van der Waals surface area contributed by atoms with E-state index in [1.54, 1.807) is 12.1 Å². The van der Waals surface area contributed by atoms with E-state index in [1.807, 2.05) is 28.1 Å². The zero-order valence-electron chi connectivity index (χ0n) is 9.08. The van der Waals surface area contributed by atoms with Gasteiger partial charge in [0.15, 0.2) is 0 Å². The van der Waals surface area contributed by atoms with E-state index in [0.717, 1.165) is 11.3 Å². The van der Waals surface area contributed by atoms with Crippen molar-refractivity contribution < 1.29 is 8.98 Å². The van der Waals surface area contributed by atoms with Crippen LogP contribution >= 0.6 is 0 Å². The highest BCUT2D eigenvalue weighted by Gasteiger charge is 2.07. The molecule has 0 aliphatic heterocycles. The van der Waals surface area contributed by atoms with Gasteiger partial charge in [-0.1, -0.05) is 17.2 Å². The van der Waals surface area contributed by atoms with Gasteiger partial charge in [0.05, 0.1) is 26.9 Å². The lowest BCUT2D eigenvalue weighted by atomic mass is 10.1. The van der Waals surface area contributed by atoms with Gasteiger partial charge in [0.25, 0.3) is 0 Å². The van der Waals surface area contributed by atoms with Gasteiger partial charge in [0, 0.05) is 5.56 Å². The largest absolute Gasteiger partial charge is 0.207 e. The maximum absolute atomic E-state index is 12.6. The third-order valence-electron chi connectivity index (χ3n) is 1.71. The smallest absolute Gasteiger partial charge is 0.123 e. The summed E-state index contributed by atoms with van der Waals surface area (Å²) in [6, 6.07) is 6.38. The molecule has 0 radical (unpaired) electrons. The first kappa shape index (κ1) is 10.9. The summed E-state index contributed by atoms with van der Waals surface area (Å²) in [6.45, 7) is 1.93. The van der Waals surface area contributed by atoms with Gasteiger partial charge in [0.2, 0.25) is 0 Å². The second-order valence-corrected chi connectivity index (χ2v) is 4.13. The van der Waals surface area contributed by atoms with E-state index in [4.69, 9.17) is 0 Å². The molecule has 0 unspecified atom stereocenters. The predicted molar refractivity (Wildman–Crippen MR) is 56.6 cm³/mol. The van der Waals surface area contributed by atoms with Crippen LogP contribution in [-0.4, -0.2) is 31.4 Å². The summed E-state index contributed by atoms with van der Waals surface area (Å²) in [5.74, 6) is -0.216. The Morgan fingerprint density at radius 3 is 2.07 bits per heavy atom. The Bertz CT molecular complexity index is 333. The maximum atomic E-state index is 12.6. The third kappa shape index (κ3) is 3.26. The van der Waals surface area contributed by atoms with Crippen molar-refractivity contribution in [1.82, 2.24) is 0 Å². The van der Waals surface area contributed by atoms with Crippen molar-refractivity contribution in [2.75, 3.05) is 21.1 Å². The Kier molecular flexibility index (Phi) is 3.01. The van der Waals surface area contributed by atoms with E-state index in [1.165, 1.54) is 12.1 Å². The lowest BCUT2D eigenvalue weighted by Crippen LogP contribution is -2.28. The van der Waals surface area contributed by atoms with Crippen molar-refractivity contribution in [2.45, 2.75) is 6.92 Å². The molecule has 14 heavy (non-hydrogen) atoms. The Labute approximate surface area is 84.3 Å². The summed E-state index contributed by atoms with van der Waals surface area (Å²) in [6.07, 6.45) is 0. The monoisotopic (exact) mass is 195 g/mol. The number of rotatable bonds is 2. The number of hydrogen-bond acceptors (Lipinski definition) is 1. The molecule has 0 bridgehead atoms. The van der Waals surface area contributed by atoms with E-state index in [-0.39, 0.29) is 5.82 Å². The summed E-state index contributed by atoms with van der Waals surface area (Å²) in [7, 11) is 5.94. The van der Waals surface area contributed by atoms with Crippen LogP contribution in [0.5, 0.6) is 0 Å². The van der Waals surface area contributed by atoms with Gasteiger partial charge in [-0.15, -0.1) is 0 Å². The van der Waals surface area contributed by atoms with E-state index >= 15 is 0 Å². The molecule has 0 amide bonds. The second-order valence-electron chi connectivity index (χ2n) is 4.13. The minimum atomic E-state index is -0.216. The first-order valence-corrected chi connectivity index (χ1v) is 4.53. The highest BCUT2D eigenvalue weighted by molar-refractivity contribution is 5.98. The minimum absolute atomic E-state index is 0.216. The molecule has 0 saturated heterocycles. The Morgan fingerprint density at radius 1 is 1.14 bits per heavy atom. The molecule has 1 aromatic rings. The molecule has 2 nitrogen and oxygen atoms in total. The molecule has 0 heterocycles. The molecule has 1 rings (SSSR count). The zero-order chi connectivity index (χ0) is 10.8. The fraction of sp³-hybridized carbons (Fsp3) is 0.364. The van der Waals surface area contributed by atoms with Crippen LogP contribution in [0.15, 0.2) is 29.4 Å². The number of quaternary nitrogens is 1. The first-order valence-electron chi connectivity index (χ1n) is 4.53. The van der Waals surface area contributed by atoms with Crippen molar-refractivity contribution in [3.8, 4) is 0 Å². The van der Waals surface area contributed by atoms with Crippen LogP contribution in [0.2, 0.25) is 0 Å². The van der Waals surface area contributed by atoms with Gasteiger partial charge in [-0.05, 0) is 19.1 Å². The first-order chi connectivity index (χ1) is 6.38. The molecule has 0 aliphatic carbocycles. The van der Waals surface area contributed by atoms with Gasteiger partial charge in [-0.2, -0.15) is 0 Å². The average molecular weight is 195 g/mol. The molecular weight excluding hydrogens is 179 g/mol. The Hall–Kier alpha value is -1.22. The molecule has 0 N–H and O–H groups in total. The van der Waals surface area contributed by atoms with Crippen LogP contribution in [-0.2, 0) is 0 Å². The number of benzene rings is 1. The van der Waals surface area contributed by atoms with Crippen molar-refractivity contribution >= 4 is 5.71 Å². The SMILES string of the molecule is CC(=N[N+](C)(C)C)c1ccc(F)cc1. The van der Waals surface area contributed by atoms with E-state index in [2.05, 4.69) is 5.10 Å². The van der Waals surface area contributed by atoms with Crippen LogP contribution in [0.1, 0.15) is 12.5 Å². The molecule has 3 heteroatoms. The van der Waals surface area contributed by atoms with E-state index < -0.39 is 0 Å². The zero-order valence-corrected chi connectivity index (χ0v) is 9.08. The summed E-state index contributed by atoms with van der Waals surface area (Å²) in [4.78, 5) is 0. The van der Waals surface area contributed by atoms with Gasteiger partial charge < -0.3 is 0 Å². The van der Waals surface area contributed by atoms with Crippen molar-refractivity contribution in [2.24, 2.45) is 5.10 Å². The number of nitrogens with zero attached hydrogens (tertiary/aromatic N) is 2. The highest BCUT2D eigenvalue weighted by Crippen LogP contribution is 2.06. The second kappa shape index (κ2) is 3.88. The predicted octanol–water partition coefficient (Wildman–Crippen LogP) is 2.26. The summed E-state index contributed by atoms with van der Waals surface area (Å²) in [5, 5.41) is 4.44. The maximum Gasteiger partial charge on any atom is 0.123 e. The minimum Gasteiger partial charge on any atom is -0.207 e. The van der Waals surface area contributed by atoms with Gasteiger partial charge >= 0.3 is 0 Å². The molecule has 1 aromatic carbocycles. The van der Waals surface area contributed by atoms with Crippen LogP contribution in [0.4, 0.5) is 4.39 Å². The van der Waals surface area contributed by atoms with Gasteiger partial charge in [-0.3, -0.25) is 0 Å². The summed E-state index contributed by atoms with van der Waals surface area (Å²) < 4.78 is 13.2. The molecule has 0 spiro atoms. The van der Waals surface area contributed by atoms with Crippen LogP contribution < -0.4 is 0 Å². The van der Waals surface area contributed by atoms with Crippen molar-refractivity contribution in [3.05, 3.63) is 35.6 Å². The average Bonchev–Trinajstić information content (AvgIpc) is 2.02. The van der Waals surface area contributed by atoms with Crippen molar-refractivity contribution in [1.29, 1.82) is 0 Å². The van der Waals surface area contributed by atoms with Crippen LogP contribution in [0.3, 0.4) is 0 Å². The molecule has 0 saturated carbocycles. The summed E-state index contributed by atoms with van der Waals surface area (Å²) >= 11 is 0. The molecular formula is C11H16FN2+. The topological polar surface area (TPSA) is 12.4 Å². The van der Waals surface area contributed by atoms with Gasteiger partial charge in [0.1, 0.15) is 5.82 Å².